The Kier molecular flexibility index (Phi) is 3.29. The van der Waals surface area contributed by atoms with Crippen LogP contribution in [0, 0.1) is 5.82 Å². The van der Waals surface area contributed by atoms with Gasteiger partial charge >= 0.3 is 0 Å². The second-order valence-electron chi connectivity index (χ2n) is 4.64. The lowest BCUT2D eigenvalue weighted by Gasteiger charge is -2.03. The fourth-order valence-corrected chi connectivity index (χ4v) is 2.35. The van der Waals surface area contributed by atoms with Gasteiger partial charge in [0.05, 0.1) is 11.3 Å². The van der Waals surface area contributed by atoms with Crippen LogP contribution < -0.4 is 5.43 Å². The Bertz CT molecular complexity index is 694. The zero-order chi connectivity index (χ0) is 13.9. The number of carbonyl (C=O) groups excluding carboxylic acids is 1. The number of hydrogen-bond acceptors (Lipinski definition) is 2. The van der Waals surface area contributed by atoms with Crippen molar-refractivity contribution in [2.45, 2.75) is 12.8 Å². The van der Waals surface area contributed by atoms with Gasteiger partial charge in [-0.2, -0.15) is 5.10 Å². The van der Waals surface area contributed by atoms with Gasteiger partial charge in [-0.3, -0.25) is 4.79 Å². The fraction of sp³-hybridized carbons (Fsp3) is 0.125. The first-order valence-corrected chi connectivity index (χ1v) is 6.45. The molecule has 3 nitrogen and oxygen atoms in total. The van der Waals surface area contributed by atoms with Crippen LogP contribution in [0.15, 0.2) is 53.6 Å². The Morgan fingerprint density at radius 2 is 1.80 bits per heavy atom. The van der Waals surface area contributed by atoms with Crippen LogP contribution in [0.2, 0.25) is 0 Å². The Morgan fingerprint density at radius 1 is 1.05 bits per heavy atom. The van der Waals surface area contributed by atoms with Gasteiger partial charge in [-0.25, -0.2) is 9.82 Å². The number of halogens is 1. The number of fused-ring (bicyclic) bond motifs is 1. The van der Waals surface area contributed by atoms with E-state index < -0.39 is 11.7 Å². The van der Waals surface area contributed by atoms with Gasteiger partial charge in [-0.05, 0) is 30.5 Å². The Morgan fingerprint density at radius 3 is 2.65 bits per heavy atom. The maximum absolute atomic E-state index is 13.5. The normalized spacial score (nSPS) is 15.2. The van der Waals surface area contributed by atoms with Crippen molar-refractivity contribution >= 4 is 11.6 Å². The summed E-state index contributed by atoms with van der Waals surface area (Å²) < 4.78 is 13.5. The van der Waals surface area contributed by atoms with Crippen LogP contribution in [0.1, 0.15) is 27.9 Å². The summed E-state index contributed by atoms with van der Waals surface area (Å²) in [6.07, 6.45) is 1.71. The molecule has 1 amide bonds. The fourth-order valence-electron chi connectivity index (χ4n) is 2.35. The van der Waals surface area contributed by atoms with E-state index in [0.717, 1.165) is 24.1 Å². The second-order valence-corrected chi connectivity index (χ2v) is 4.64. The molecule has 1 aliphatic carbocycles. The van der Waals surface area contributed by atoms with E-state index in [1.807, 2.05) is 18.2 Å². The minimum Gasteiger partial charge on any atom is -0.267 e. The molecule has 0 saturated heterocycles. The molecule has 0 atom stereocenters. The monoisotopic (exact) mass is 268 g/mol. The molecule has 1 N–H and O–H groups in total. The van der Waals surface area contributed by atoms with Crippen LogP contribution >= 0.6 is 0 Å². The van der Waals surface area contributed by atoms with E-state index in [0.29, 0.717) is 0 Å². The molecule has 3 rings (SSSR count). The summed E-state index contributed by atoms with van der Waals surface area (Å²) in [4.78, 5) is 11.9. The lowest BCUT2D eigenvalue weighted by Crippen LogP contribution is -2.20. The highest BCUT2D eigenvalue weighted by Crippen LogP contribution is 2.21. The molecule has 100 valence electrons. The number of hydrazone groups is 1. The molecular formula is C16H13FN2O. The van der Waals surface area contributed by atoms with Crippen LogP contribution in [0.5, 0.6) is 0 Å². The number of amides is 1. The van der Waals surface area contributed by atoms with Crippen molar-refractivity contribution in [2.24, 2.45) is 5.10 Å². The number of nitrogens with one attached hydrogen (secondary N) is 1. The van der Waals surface area contributed by atoms with Crippen molar-refractivity contribution < 1.29 is 9.18 Å². The first kappa shape index (κ1) is 12.5. The minimum absolute atomic E-state index is 0.00290. The molecule has 0 spiro atoms. The van der Waals surface area contributed by atoms with Crippen molar-refractivity contribution in [1.29, 1.82) is 0 Å². The summed E-state index contributed by atoms with van der Waals surface area (Å²) >= 11 is 0. The third-order valence-corrected chi connectivity index (χ3v) is 3.37. The van der Waals surface area contributed by atoms with E-state index >= 15 is 0 Å². The minimum atomic E-state index is -0.544. The first-order chi connectivity index (χ1) is 9.75. The lowest BCUT2D eigenvalue weighted by atomic mass is 10.1. The van der Waals surface area contributed by atoms with Crippen LogP contribution in [-0.4, -0.2) is 11.6 Å². The number of rotatable bonds is 2. The molecule has 0 radical (unpaired) electrons. The standard InChI is InChI=1S/C16H13FN2O/c17-14-8-4-3-7-13(14)16(20)19-18-15-10-9-11-5-1-2-6-12(11)15/h1-8H,9-10H2,(H,19,20)/b18-15+. The topological polar surface area (TPSA) is 41.5 Å². The van der Waals surface area contributed by atoms with E-state index in [9.17, 15) is 9.18 Å². The maximum atomic E-state index is 13.5. The molecule has 0 aliphatic heterocycles. The van der Waals surface area contributed by atoms with E-state index in [1.54, 1.807) is 12.1 Å². The van der Waals surface area contributed by atoms with Gasteiger partial charge in [-0.15, -0.1) is 0 Å². The molecule has 0 unspecified atom stereocenters. The third kappa shape index (κ3) is 2.32. The number of nitrogens with zero attached hydrogens (tertiary/aromatic N) is 1. The summed E-state index contributed by atoms with van der Waals surface area (Å²) in [5, 5.41) is 4.13. The molecular weight excluding hydrogens is 255 g/mol. The van der Waals surface area contributed by atoms with Crippen molar-refractivity contribution in [3.8, 4) is 0 Å². The van der Waals surface area contributed by atoms with Crippen molar-refractivity contribution in [3.05, 3.63) is 71.0 Å². The van der Waals surface area contributed by atoms with Crippen molar-refractivity contribution in [2.75, 3.05) is 0 Å². The Labute approximate surface area is 116 Å². The van der Waals surface area contributed by atoms with Crippen LogP contribution in [0.3, 0.4) is 0 Å². The highest BCUT2D eigenvalue weighted by atomic mass is 19.1. The summed E-state index contributed by atoms with van der Waals surface area (Å²) in [5.74, 6) is -1.07. The zero-order valence-corrected chi connectivity index (χ0v) is 10.8. The van der Waals surface area contributed by atoms with Crippen molar-refractivity contribution in [3.63, 3.8) is 0 Å². The number of benzene rings is 2. The number of aryl methyl sites for hydroxylation is 1. The number of carbonyl (C=O) groups is 1. The third-order valence-electron chi connectivity index (χ3n) is 3.37. The first-order valence-electron chi connectivity index (χ1n) is 6.45. The van der Waals surface area contributed by atoms with Gasteiger partial charge in [0.25, 0.3) is 5.91 Å². The summed E-state index contributed by atoms with van der Waals surface area (Å²) in [6, 6.07) is 13.8. The largest absolute Gasteiger partial charge is 0.274 e. The highest BCUT2D eigenvalue weighted by Gasteiger charge is 2.17. The second kappa shape index (κ2) is 5.25. The molecule has 0 heterocycles. The summed E-state index contributed by atoms with van der Waals surface area (Å²) in [6.45, 7) is 0. The predicted octanol–water partition coefficient (Wildman–Crippen LogP) is 2.91. The van der Waals surface area contributed by atoms with Gasteiger partial charge in [0.2, 0.25) is 0 Å². The SMILES string of the molecule is O=C(N/N=C1\CCc2ccccc21)c1ccccc1F. The van der Waals surface area contributed by atoms with Gasteiger partial charge in [0.1, 0.15) is 5.82 Å². The van der Waals surface area contributed by atoms with Crippen molar-refractivity contribution in [1.82, 2.24) is 5.43 Å². The van der Waals surface area contributed by atoms with Gasteiger partial charge in [0.15, 0.2) is 0 Å². The smallest absolute Gasteiger partial charge is 0.267 e. The molecule has 0 fully saturated rings. The predicted molar refractivity (Wildman–Crippen MR) is 75.2 cm³/mol. The Hall–Kier alpha value is -2.49. The van der Waals surface area contributed by atoms with Gasteiger partial charge in [-0.1, -0.05) is 36.4 Å². The van der Waals surface area contributed by atoms with Crippen LogP contribution in [-0.2, 0) is 6.42 Å². The van der Waals surface area contributed by atoms with E-state index in [4.69, 9.17) is 0 Å². The molecule has 1 aliphatic rings. The number of hydrogen-bond donors (Lipinski definition) is 1. The molecule has 2 aromatic carbocycles. The maximum Gasteiger partial charge on any atom is 0.274 e. The molecule has 0 aromatic heterocycles. The van der Waals surface area contributed by atoms with E-state index in [1.165, 1.54) is 17.7 Å². The quantitative estimate of drug-likeness (QED) is 0.836. The average molecular weight is 268 g/mol. The Balaban J connectivity index is 1.79. The molecule has 0 saturated carbocycles. The summed E-state index contributed by atoms with van der Waals surface area (Å²) in [5.41, 5.74) is 5.56. The van der Waals surface area contributed by atoms with E-state index in [2.05, 4.69) is 16.6 Å². The molecule has 2 aromatic rings. The summed E-state index contributed by atoms with van der Waals surface area (Å²) in [7, 11) is 0. The zero-order valence-electron chi connectivity index (χ0n) is 10.8. The van der Waals surface area contributed by atoms with Crippen LogP contribution in [0.4, 0.5) is 4.39 Å². The molecule has 0 bridgehead atoms. The average Bonchev–Trinajstić information content (AvgIpc) is 2.88. The van der Waals surface area contributed by atoms with Gasteiger partial charge < -0.3 is 0 Å². The molecule has 20 heavy (non-hydrogen) atoms. The van der Waals surface area contributed by atoms with Gasteiger partial charge in [0, 0.05) is 5.56 Å². The highest BCUT2D eigenvalue weighted by molar-refractivity contribution is 6.05. The van der Waals surface area contributed by atoms with E-state index in [-0.39, 0.29) is 5.56 Å². The van der Waals surface area contributed by atoms with Crippen LogP contribution in [0.25, 0.3) is 0 Å². The molecule has 4 heteroatoms. The lowest BCUT2D eigenvalue weighted by molar-refractivity contribution is 0.0951.